The van der Waals surface area contributed by atoms with Crippen molar-refractivity contribution in [2.75, 3.05) is 18.5 Å². The molecule has 0 aliphatic heterocycles. The highest BCUT2D eigenvalue weighted by Crippen LogP contribution is 2.16. The van der Waals surface area contributed by atoms with E-state index in [1.54, 1.807) is 0 Å². The van der Waals surface area contributed by atoms with Crippen LogP contribution in [-0.2, 0) is 17.6 Å². The largest absolute Gasteiger partial charge is 0.493 e. The first kappa shape index (κ1) is 20.5. The van der Waals surface area contributed by atoms with E-state index in [0.29, 0.717) is 13.0 Å². The van der Waals surface area contributed by atoms with E-state index < -0.39 is 0 Å². The highest BCUT2D eigenvalue weighted by molar-refractivity contribution is 5.92. The number of hydrogen-bond acceptors (Lipinski definition) is 4. The van der Waals surface area contributed by atoms with Crippen LogP contribution in [-0.4, -0.2) is 24.2 Å². The van der Waals surface area contributed by atoms with E-state index in [0.717, 1.165) is 29.0 Å². The highest BCUT2D eigenvalue weighted by Gasteiger charge is 2.08. The molecule has 0 aliphatic carbocycles. The fraction of sp³-hybridized carbons (Fsp3) is 0.364. The lowest BCUT2D eigenvalue weighted by Gasteiger charge is -2.10. The van der Waals surface area contributed by atoms with Crippen LogP contribution in [0.3, 0.4) is 0 Å². The van der Waals surface area contributed by atoms with E-state index in [9.17, 15) is 4.79 Å². The van der Waals surface area contributed by atoms with E-state index >= 15 is 0 Å². The van der Waals surface area contributed by atoms with Crippen LogP contribution in [0.2, 0.25) is 0 Å². The number of amides is 1. The molecule has 1 atom stereocenters. The van der Waals surface area contributed by atoms with Gasteiger partial charge in [0.05, 0.1) is 25.2 Å². The SMILES string of the molecule is CC(C)C(=O)Nc1ccc(CCOc2ccc(CC(C#N)CO)cc2)cc1. The summed E-state index contributed by atoms with van der Waals surface area (Å²) in [5.41, 5.74) is 2.93. The Morgan fingerprint density at radius 3 is 2.30 bits per heavy atom. The lowest BCUT2D eigenvalue weighted by atomic mass is 10.0. The van der Waals surface area contributed by atoms with E-state index in [4.69, 9.17) is 15.1 Å². The first-order chi connectivity index (χ1) is 13.0. The second-order valence-corrected chi connectivity index (χ2v) is 6.80. The van der Waals surface area contributed by atoms with Crippen LogP contribution in [0, 0.1) is 23.2 Å². The van der Waals surface area contributed by atoms with E-state index in [-0.39, 0.29) is 24.3 Å². The number of rotatable bonds is 9. The fourth-order valence-electron chi connectivity index (χ4n) is 2.49. The van der Waals surface area contributed by atoms with Gasteiger partial charge >= 0.3 is 0 Å². The third kappa shape index (κ3) is 6.76. The molecule has 0 radical (unpaired) electrons. The Morgan fingerprint density at radius 1 is 1.11 bits per heavy atom. The summed E-state index contributed by atoms with van der Waals surface area (Å²) in [6.45, 7) is 4.15. The molecule has 27 heavy (non-hydrogen) atoms. The quantitative estimate of drug-likeness (QED) is 0.711. The van der Waals surface area contributed by atoms with Crippen molar-refractivity contribution in [2.45, 2.75) is 26.7 Å². The predicted molar refractivity (Wildman–Crippen MR) is 105 cm³/mol. The van der Waals surface area contributed by atoms with Gasteiger partial charge in [-0.25, -0.2) is 0 Å². The van der Waals surface area contributed by atoms with Crippen LogP contribution in [0.4, 0.5) is 5.69 Å². The van der Waals surface area contributed by atoms with Gasteiger partial charge in [-0.3, -0.25) is 4.79 Å². The van der Waals surface area contributed by atoms with Crippen molar-refractivity contribution in [3.63, 3.8) is 0 Å². The molecule has 5 nitrogen and oxygen atoms in total. The predicted octanol–water partition coefficient (Wildman–Crippen LogP) is 3.58. The van der Waals surface area contributed by atoms with Crippen molar-refractivity contribution < 1.29 is 14.6 Å². The summed E-state index contributed by atoms with van der Waals surface area (Å²) in [7, 11) is 0. The van der Waals surface area contributed by atoms with Crippen molar-refractivity contribution in [1.82, 2.24) is 0 Å². The summed E-state index contributed by atoms with van der Waals surface area (Å²) in [5.74, 6) is 0.371. The minimum atomic E-state index is -0.370. The lowest BCUT2D eigenvalue weighted by Crippen LogP contribution is -2.17. The Labute approximate surface area is 160 Å². The molecule has 1 amide bonds. The monoisotopic (exact) mass is 366 g/mol. The number of anilines is 1. The first-order valence-electron chi connectivity index (χ1n) is 9.14. The first-order valence-corrected chi connectivity index (χ1v) is 9.14. The summed E-state index contributed by atoms with van der Waals surface area (Å²) in [6, 6.07) is 17.5. The van der Waals surface area contributed by atoms with Gasteiger partial charge in [-0.1, -0.05) is 38.1 Å². The van der Waals surface area contributed by atoms with Gasteiger partial charge in [0, 0.05) is 18.0 Å². The molecular weight excluding hydrogens is 340 g/mol. The summed E-state index contributed by atoms with van der Waals surface area (Å²) in [4.78, 5) is 11.7. The van der Waals surface area contributed by atoms with Gasteiger partial charge in [0.1, 0.15) is 5.75 Å². The molecular formula is C22H26N2O3. The molecule has 0 saturated carbocycles. The number of nitrogens with zero attached hydrogens (tertiary/aromatic N) is 1. The van der Waals surface area contributed by atoms with Gasteiger partial charge < -0.3 is 15.2 Å². The summed E-state index contributed by atoms with van der Waals surface area (Å²) in [5, 5.41) is 20.8. The summed E-state index contributed by atoms with van der Waals surface area (Å²) >= 11 is 0. The number of nitriles is 1. The zero-order valence-corrected chi connectivity index (χ0v) is 15.8. The molecule has 142 valence electrons. The van der Waals surface area contributed by atoms with Gasteiger partial charge in [-0.15, -0.1) is 0 Å². The van der Waals surface area contributed by atoms with Crippen molar-refractivity contribution in [3.8, 4) is 11.8 Å². The van der Waals surface area contributed by atoms with Gasteiger partial charge in [0.15, 0.2) is 0 Å². The van der Waals surface area contributed by atoms with Crippen molar-refractivity contribution >= 4 is 11.6 Å². The van der Waals surface area contributed by atoms with Crippen LogP contribution >= 0.6 is 0 Å². The number of hydrogen-bond donors (Lipinski definition) is 2. The third-order valence-corrected chi connectivity index (χ3v) is 4.21. The van der Waals surface area contributed by atoms with Crippen molar-refractivity contribution in [2.24, 2.45) is 11.8 Å². The Balaban J connectivity index is 1.79. The van der Waals surface area contributed by atoms with E-state index in [1.807, 2.05) is 62.4 Å². The molecule has 5 heteroatoms. The zero-order valence-electron chi connectivity index (χ0n) is 15.8. The van der Waals surface area contributed by atoms with Gasteiger partial charge in [-0.2, -0.15) is 5.26 Å². The molecule has 2 aromatic carbocycles. The number of ether oxygens (including phenoxy) is 1. The maximum Gasteiger partial charge on any atom is 0.226 e. The molecule has 1 unspecified atom stereocenters. The van der Waals surface area contributed by atoms with Crippen molar-refractivity contribution in [1.29, 1.82) is 5.26 Å². The second-order valence-electron chi connectivity index (χ2n) is 6.80. The maximum absolute atomic E-state index is 11.7. The Kier molecular flexibility index (Phi) is 7.84. The molecule has 0 heterocycles. The van der Waals surface area contributed by atoms with Crippen LogP contribution in [0.15, 0.2) is 48.5 Å². The molecule has 2 aromatic rings. The van der Waals surface area contributed by atoms with Crippen LogP contribution < -0.4 is 10.1 Å². The van der Waals surface area contributed by atoms with Crippen LogP contribution in [0.25, 0.3) is 0 Å². The molecule has 0 saturated heterocycles. The van der Waals surface area contributed by atoms with Crippen LogP contribution in [0.1, 0.15) is 25.0 Å². The smallest absolute Gasteiger partial charge is 0.226 e. The normalized spacial score (nSPS) is 11.7. The van der Waals surface area contributed by atoms with E-state index in [1.165, 1.54) is 0 Å². The Bertz CT molecular complexity index is 762. The molecule has 0 spiro atoms. The summed E-state index contributed by atoms with van der Waals surface area (Å²) < 4.78 is 5.76. The average molecular weight is 366 g/mol. The Hall–Kier alpha value is -2.84. The number of aliphatic hydroxyl groups excluding tert-OH is 1. The van der Waals surface area contributed by atoms with Gasteiger partial charge in [0.25, 0.3) is 0 Å². The number of carbonyl (C=O) groups excluding carboxylic acids is 1. The van der Waals surface area contributed by atoms with E-state index in [2.05, 4.69) is 11.4 Å². The summed E-state index contributed by atoms with van der Waals surface area (Å²) in [6.07, 6.45) is 1.30. The molecule has 0 aromatic heterocycles. The fourth-order valence-corrected chi connectivity index (χ4v) is 2.49. The van der Waals surface area contributed by atoms with Crippen molar-refractivity contribution in [3.05, 3.63) is 59.7 Å². The van der Waals surface area contributed by atoms with Gasteiger partial charge in [-0.05, 0) is 41.8 Å². The average Bonchev–Trinajstić information content (AvgIpc) is 2.68. The minimum Gasteiger partial charge on any atom is -0.493 e. The molecule has 2 rings (SSSR count). The maximum atomic E-state index is 11.7. The number of benzene rings is 2. The van der Waals surface area contributed by atoms with Crippen LogP contribution in [0.5, 0.6) is 5.75 Å². The second kappa shape index (κ2) is 10.3. The zero-order chi connectivity index (χ0) is 19.6. The number of aliphatic hydroxyl groups is 1. The lowest BCUT2D eigenvalue weighted by molar-refractivity contribution is -0.118. The highest BCUT2D eigenvalue weighted by atomic mass is 16.5. The topological polar surface area (TPSA) is 82.3 Å². The third-order valence-electron chi connectivity index (χ3n) is 4.21. The number of carbonyl (C=O) groups is 1. The van der Waals surface area contributed by atoms with Gasteiger partial charge in [0.2, 0.25) is 5.91 Å². The molecule has 0 aliphatic rings. The standard InChI is InChI=1S/C22H26N2O3/c1-16(2)22(26)24-20-7-3-17(4-8-20)11-12-27-21-9-5-18(6-10-21)13-19(14-23)15-25/h3-10,16,19,25H,11-13,15H2,1-2H3,(H,24,26). The molecule has 2 N–H and O–H groups in total. The Morgan fingerprint density at radius 2 is 1.74 bits per heavy atom. The molecule has 0 bridgehead atoms. The molecule has 0 fully saturated rings. The minimum absolute atomic E-state index is 0.00890. The number of nitrogens with one attached hydrogen (secondary N) is 1.